The van der Waals surface area contributed by atoms with Gasteiger partial charge >= 0.3 is 6.09 Å². The second-order valence-corrected chi connectivity index (χ2v) is 5.33. The molecule has 1 aromatic carbocycles. The van der Waals surface area contributed by atoms with Gasteiger partial charge in [-0.25, -0.2) is 10.2 Å². The first-order valence-corrected chi connectivity index (χ1v) is 6.80. The first kappa shape index (κ1) is 16.3. The summed E-state index contributed by atoms with van der Waals surface area (Å²) in [5.74, 6) is 0.296. The van der Waals surface area contributed by atoms with Gasteiger partial charge in [-0.2, -0.15) is 0 Å². The Labute approximate surface area is 125 Å². The smallest absolute Gasteiger partial charge is 0.425 e. The van der Waals surface area contributed by atoms with Crippen molar-refractivity contribution in [3.63, 3.8) is 0 Å². The number of hydrogen-bond donors (Lipinski definition) is 2. The second kappa shape index (κ2) is 7.74. The van der Waals surface area contributed by atoms with Crippen molar-refractivity contribution in [2.24, 2.45) is 5.92 Å². The average Bonchev–Trinajstić information content (AvgIpc) is 2.42. The van der Waals surface area contributed by atoms with Gasteiger partial charge in [0.2, 0.25) is 0 Å². The van der Waals surface area contributed by atoms with Crippen molar-refractivity contribution in [2.45, 2.75) is 13.8 Å². The van der Waals surface area contributed by atoms with Crippen LogP contribution in [0, 0.1) is 5.92 Å². The third kappa shape index (κ3) is 5.08. The molecule has 2 amide bonds. The minimum Gasteiger partial charge on any atom is -0.492 e. The first-order valence-electron chi connectivity index (χ1n) is 6.00. The van der Waals surface area contributed by atoms with E-state index in [0.717, 1.165) is 4.47 Å². The highest BCUT2D eigenvalue weighted by atomic mass is 79.9. The van der Waals surface area contributed by atoms with Crippen molar-refractivity contribution < 1.29 is 19.1 Å². The molecule has 0 aliphatic rings. The summed E-state index contributed by atoms with van der Waals surface area (Å²) in [4.78, 5) is 22.9. The number of benzene rings is 1. The van der Waals surface area contributed by atoms with Crippen LogP contribution in [0.25, 0.3) is 0 Å². The molecule has 1 rings (SSSR count). The maximum Gasteiger partial charge on any atom is 0.425 e. The van der Waals surface area contributed by atoms with Crippen LogP contribution in [0.1, 0.15) is 24.2 Å². The fraction of sp³-hybridized carbons (Fsp3) is 0.385. The third-order valence-corrected chi connectivity index (χ3v) is 2.72. The number of nitrogens with one attached hydrogen (secondary N) is 2. The lowest BCUT2D eigenvalue weighted by Crippen LogP contribution is -2.41. The molecule has 0 aromatic heterocycles. The zero-order valence-corrected chi connectivity index (χ0v) is 13.1. The molecule has 0 unspecified atom stereocenters. The molecule has 20 heavy (non-hydrogen) atoms. The average molecular weight is 345 g/mol. The van der Waals surface area contributed by atoms with Gasteiger partial charge in [0.05, 0.1) is 19.3 Å². The number of ether oxygens (including phenoxy) is 2. The van der Waals surface area contributed by atoms with E-state index in [1.54, 1.807) is 18.2 Å². The maximum absolute atomic E-state index is 12.0. The number of carbonyl (C=O) groups is 2. The Hall–Kier alpha value is -1.76. The number of carbonyl (C=O) groups excluding carboxylic acids is 2. The van der Waals surface area contributed by atoms with E-state index < -0.39 is 12.0 Å². The van der Waals surface area contributed by atoms with E-state index in [4.69, 9.17) is 4.74 Å². The Morgan fingerprint density at radius 2 is 2.00 bits per heavy atom. The monoisotopic (exact) mass is 344 g/mol. The van der Waals surface area contributed by atoms with Crippen LogP contribution in [-0.4, -0.2) is 25.7 Å². The summed E-state index contributed by atoms with van der Waals surface area (Å²) in [5.41, 5.74) is 4.67. The Morgan fingerprint density at radius 1 is 1.30 bits per heavy atom. The predicted molar refractivity (Wildman–Crippen MR) is 77.5 cm³/mol. The van der Waals surface area contributed by atoms with Gasteiger partial charge in [-0.05, 0) is 24.1 Å². The summed E-state index contributed by atoms with van der Waals surface area (Å²) in [6, 6.07) is 5.09. The lowest BCUT2D eigenvalue weighted by Gasteiger charge is -2.13. The molecule has 0 saturated heterocycles. The fourth-order valence-electron chi connectivity index (χ4n) is 1.29. The molecule has 0 heterocycles. The highest BCUT2D eigenvalue weighted by molar-refractivity contribution is 9.10. The minimum absolute atomic E-state index is 0.316. The van der Waals surface area contributed by atoms with Crippen LogP contribution in [0.4, 0.5) is 4.79 Å². The van der Waals surface area contributed by atoms with E-state index in [1.807, 2.05) is 13.8 Å². The van der Waals surface area contributed by atoms with Gasteiger partial charge in [0.1, 0.15) is 5.75 Å². The molecular weight excluding hydrogens is 328 g/mol. The van der Waals surface area contributed by atoms with Gasteiger partial charge in [-0.1, -0.05) is 29.8 Å². The van der Waals surface area contributed by atoms with Crippen LogP contribution in [0.15, 0.2) is 22.7 Å². The van der Waals surface area contributed by atoms with Crippen LogP contribution >= 0.6 is 15.9 Å². The summed E-state index contributed by atoms with van der Waals surface area (Å²) >= 11 is 3.29. The molecule has 2 N–H and O–H groups in total. The highest BCUT2D eigenvalue weighted by Crippen LogP contribution is 2.23. The van der Waals surface area contributed by atoms with Crippen LogP contribution in [0.2, 0.25) is 0 Å². The van der Waals surface area contributed by atoms with Gasteiger partial charge in [0.15, 0.2) is 0 Å². The molecule has 0 saturated carbocycles. The summed E-state index contributed by atoms with van der Waals surface area (Å²) in [7, 11) is 1.21. The van der Waals surface area contributed by atoms with Crippen molar-refractivity contribution in [1.82, 2.24) is 10.9 Å². The zero-order valence-electron chi connectivity index (χ0n) is 11.5. The lowest BCUT2D eigenvalue weighted by atomic mass is 10.2. The topological polar surface area (TPSA) is 76.7 Å². The maximum atomic E-state index is 12.0. The van der Waals surface area contributed by atoms with Gasteiger partial charge in [0.25, 0.3) is 5.91 Å². The largest absolute Gasteiger partial charge is 0.492 e. The first-order chi connectivity index (χ1) is 9.43. The quantitative estimate of drug-likeness (QED) is 0.822. The minimum atomic E-state index is -0.752. The van der Waals surface area contributed by atoms with Crippen molar-refractivity contribution in [2.75, 3.05) is 13.7 Å². The van der Waals surface area contributed by atoms with Crippen LogP contribution < -0.4 is 15.6 Å². The van der Waals surface area contributed by atoms with Crippen molar-refractivity contribution in [1.29, 1.82) is 0 Å². The zero-order chi connectivity index (χ0) is 15.1. The van der Waals surface area contributed by atoms with Crippen LogP contribution in [0.5, 0.6) is 5.75 Å². The van der Waals surface area contributed by atoms with Crippen molar-refractivity contribution in [3.8, 4) is 5.75 Å². The molecule has 0 fully saturated rings. The second-order valence-electron chi connectivity index (χ2n) is 4.42. The molecule has 0 radical (unpaired) electrons. The Balaban J connectivity index is 2.82. The summed E-state index contributed by atoms with van der Waals surface area (Å²) in [6.07, 6.45) is -0.752. The molecule has 1 aromatic rings. The van der Waals surface area contributed by atoms with Crippen molar-refractivity contribution in [3.05, 3.63) is 28.2 Å². The number of hydrogen-bond acceptors (Lipinski definition) is 4. The van der Waals surface area contributed by atoms with Gasteiger partial charge in [-0.3, -0.25) is 10.2 Å². The summed E-state index contributed by atoms with van der Waals surface area (Å²) in [6.45, 7) is 4.52. The SMILES string of the molecule is COC(=O)NNC(=O)c1cc(Br)ccc1OCC(C)C. The molecule has 6 nitrogen and oxygen atoms in total. The summed E-state index contributed by atoms with van der Waals surface area (Å²) < 4.78 is 10.7. The number of amides is 2. The van der Waals surface area contributed by atoms with E-state index in [9.17, 15) is 9.59 Å². The molecule has 0 spiro atoms. The van der Waals surface area contributed by atoms with Crippen LogP contribution in [-0.2, 0) is 4.74 Å². The number of rotatable bonds is 4. The normalized spacial score (nSPS) is 10.1. The number of hydrazine groups is 1. The lowest BCUT2D eigenvalue weighted by molar-refractivity contribution is 0.0915. The van der Waals surface area contributed by atoms with Crippen molar-refractivity contribution >= 4 is 27.9 Å². The summed E-state index contributed by atoms with van der Waals surface area (Å²) in [5, 5.41) is 0. The van der Waals surface area contributed by atoms with E-state index >= 15 is 0 Å². The molecule has 0 aliphatic carbocycles. The molecule has 0 bridgehead atoms. The standard InChI is InChI=1S/C13H17BrN2O4/c1-8(2)7-20-11-5-4-9(14)6-10(11)12(17)15-16-13(18)19-3/h4-6,8H,7H2,1-3H3,(H,15,17)(H,16,18). The highest BCUT2D eigenvalue weighted by Gasteiger charge is 2.14. The third-order valence-electron chi connectivity index (χ3n) is 2.22. The number of halogens is 1. The molecule has 110 valence electrons. The van der Waals surface area contributed by atoms with E-state index in [-0.39, 0.29) is 0 Å². The van der Waals surface area contributed by atoms with E-state index in [0.29, 0.717) is 23.8 Å². The fourth-order valence-corrected chi connectivity index (χ4v) is 1.65. The van der Waals surface area contributed by atoms with Gasteiger partial charge in [-0.15, -0.1) is 0 Å². The Kier molecular flexibility index (Phi) is 6.30. The Bertz CT molecular complexity index is 491. The Morgan fingerprint density at radius 3 is 2.60 bits per heavy atom. The van der Waals surface area contributed by atoms with E-state index in [1.165, 1.54) is 7.11 Å². The molecule has 0 atom stereocenters. The van der Waals surface area contributed by atoms with E-state index in [2.05, 4.69) is 31.5 Å². The predicted octanol–water partition coefficient (Wildman–Crippen LogP) is 2.48. The van der Waals surface area contributed by atoms with Crippen LogP contribution in [0.3, 0.4) is 0 Å². The molecule has 0 aliphatic heterocycles. The molecule has 7 heteroatoms. The molecular formula is C13H17BrN2O4. The van der Waals surface area contributed by atoms with Gasteiger partial charge < -0.3 is 9.47 Å². The van der Waals surface area contributed by atoms with Gasteiger partial charge in [0, 0.05) is 4.47 Å². The number of methoxy groups -OCH3 is 1.